The van der Waals surface area contributed by atoms with Crippen molar-refractivity contribution in [2.24, 2.45) is 0 Å². The Hall–Kier alpha value is -1.42. The highest BCUT2D eigenvalue weighted by Gasteiger charge is 2.19. The number of nitrogens with one attached hydrogen (secondary N) is 1. The molecule has 3 nitrogen and oxygen atoms in total. The van der Waals surface area contributed by atoms with E-state index < -0.39 is 0 Å². The molecular weight excluding hydrogens is 255 g/mol. The molecule has 0 saturated carbocycles. The lowest BCUT2D eigenvalue weighted by atomic mass is 10.1. The van der Waals surface area contributed by atoms with Crippen LogP contribution in [-0.2, 0) is 11.3 Å². The predicted molar refractivity (Wildman–Crippen MR) is 77.9 cm³/mol. The maximum atomic E-state index is 13.2. The van der Waals surface area contributed by atoms with Crippen molar-refractivity contribution < 1.29 is 9.18 Å². The quantitative estimate of drug-likeness (QED) is 0.867. The summed E-state index contributed by atoms with van der Waals surface area (Å²) in [6.07, 6.45) is 2.62. The molecule has 1 N–H and O–H groups in total. The van der Waals surface area contributed by atoms with Crippen molar-refractivity contribution in [2.45, 2.75) is 45.7 Å². The van der Waals surface area contributed by atoms with Crippen LogP contribution in [0.4, 0.5) is 4.39 Å². The summed E-state index contributed by atoms with van der Waals surface area (Å²) in [5, 5.41) is 3.40. The average molecular weight is 278 g/mol. The summed E-state index contributed by atoms with van der Waals surface area (Å²) in [5.41, 5.74) is 2.09. The van der Waals surface area contributed by atoms with Crippen molar-refractivity contribution >= 4 is 5.91 Å². The largest absolute Gasteiger partial charge is 0.343 e. The Bertz CT molecular complexity index is 476. The molecule has 0 spiro atoms. The van der Waals surface area contributed by atoms with Crippen LogP contribution in [0.15, 0.2) is 18.2 Å². The number of carbonyl (C=O) groups excluding carboxylic acids is 1. The molecule has 1 fully saturated rings. The predicted octanol–water partition coefficient (Wildman–Crippen LogP) is 2.62. The van der Waals surface area contributed by atoms with Gasteiger partial charge in [0.2, 0.25) is 5.91 Å². The summed E-state index contributed by atoms with van der Waals surface area (Å²) >= 11 is 0. The Morgan fingerprint density at radius 1 is 1.45 bits per heavy atom. The number of nitrogens with zero attached hydrogens (tertiary/aromatic N) is 1. The van der Waals surface area contributed by atoms with E-state index in [1.807, 2.05) is 11.8 Å². The van der Waals surface area contributed by atoms with Crippen LogP contribution in [0.25, 0.3) is 0 Å². The van der Waals surface area contributed by atoms with Crippen LogP contribution in [0.2, 0.25) is 0 Å². The molecule has 20 heavy (non-hydrogen) atoms. The van der Waals surface area contributed by atoms with Gasteiger partial charge < -0.3 is 10.2 Å². The van der Waals surface area contributed by atoms with E-state index in [4.69, 9.17) is 0 Å². The van der Waals surface area contributed by atoms with Crippen LogP contribution in [-0.4, -0.2) is 29.9 Å². The molecule has 1 heterocycles. The zero-order valence-corrected chi connectivity index (χ0v) is 12.3. The van der Waals surface area contributed by atoms with Crippen LogP contribution >= 0.6 is 0 Å². The number of hydrogen-bond acceptors (Lipinski definition) is 2. The molecule has 0 unspecified atom stereocenters. The minimum atomic E-state index is -0.192. The molecular formula is C16H23FN2O. The first-order valence-corrected chi connectivity index (χ1v) is 7.32. The molecule has 110 valence electrons. The van der Waals surface area contributed by atoms with Crippen LogP contribution in [0.3, 0.4) is 0 Å². The normalized spacial score (nSPS) is 16.8. The van der Waals surface area contributed by atoms with Crippen LogP contribution < -0.4 is 5.32 Å². The van der Waals surface area contributed by atoms with Crippen LogP contribution in [0.1, 0.15) is 37.3 Å². The van der Waals surface area contributed by atoms with E-state index in [0.717, 1.165) is 37.1 Å². The van der Waals surface area contributed by atoms with Gasteiger partial charge in [0.15, 0.2) is 0 Å². The van der Waals surface area contributed by atoms with Crippen LogP contribution in [0.5, 0.6) is 0 Å². The van der Waals surface area contributed by atoms with E-state index in [1.165, 1.54) is 6.07 Å². The van der Waals surface area contributed by atoms with Crippen molar-refractivity contribution in [1.29, 1.82) is 0 Å². The first-order chi connectivity index (χ1) is 9.56. The lowest BCUT2D eigenvalue weighted by molar-refractivity contribution is -0.127. The molecule has 0 aromatic heterocycles. The monoisotopic (exact) mass is 278 g/mol. The topological polar surface area (TPSA) is 32.3 Å². The molecule has 1 amide bonds. The molecule has 1 aliphatic rings. The Morgan fingerprint density at radius 3 is 2.95 bits per heavy atom. The van der Waals surface area contributed by atoms with E-state index >= 15 is 0 Å². The summed E-state index contributed by atoms with van der Waals surface area (Å²) in [6, 6.07) is 5.19. The fourth-order valence-corrected chi connectivity index (χ4v) is 2.51. The van der Waals surface area contributed by atoms with Crippen molar-refractivity contribution in [3.63, 3.8) is 0 Å². The fourth-order valence-electron chi connectivity index (χ4n) is 2.51. The molecule has 0 radical (unpaired) electrons. The van der Waals surface area contributed by atoms with Gasteiger partial charge in [-0.3, -0.25) is 4.79 Å². The second kappa shape index (κ2) is 6.84. The molecule has 1 aromatic carbocycles. The highest BCUT2D eigenvalue weighted by Crippen LogP contribution is 2.12. The maximum Gasteiger partial charge on any atom is 0.222 e. The molecule has 1 aliphatic heterocycles. The fraction of sp³-hybridized carbons (Fsp3) is 0.562. The molecule has 1 aromatic rings. The third-order valence-corrected chi connectivity index (χ3v) is 3.96. The van der Waals surface area contributed by atoms with E-state index in [-0.39, 0.29) is 11.7 Å². The molecule has 0 bridgehead atoms. The van der Waals surface area contributed by atoms with Crippen LogP contribution in [0, 0.1) is 12.7 Å². The number of likely N-dealkylation sites (tertiary alicyclic amines) is 1. The van der Waals surface area contributed by atoms with Gasteiger partial charge in [0.05, 0.1) is 0 Å². The van der Waals surface area contributed by atoms with Crippen molar-refractivity contribution in [3.8, 4) is 0 Å². The summed E-state index contributed by atoms with van der Waals surface area (Å²) in [5.74, 6) is 0.0842. The van der Waals surface area contributed by atoms with Gasteiger partial charge in [-0.1, -0.05) is 6.07 Å². The van der Waals surface area contributed by atoms with E-state index in [2.05, 4.69) is 12.2 Å². The maximum absolute atomic E-state index is 13.2. The Kier molecular flexibility index (Phi) is 5.12. The number of benzene rings is 1. The molecule has 1 saturated heterocycles. The van der Waals surface area contributed by atoms with E-state index in [1.54, 1.807) is 12.1 Å². The lowest BCUT2D eigenvalue weighted by Crippen LogP contribution is -2.33. The first kappa shape index (κ1) is 15.0. The van der Waals surface area contributed by atoms with Crippen molar-refractivity contribution in [1.82, 2.24) is 10.2 Å². The van der Waals surface area contributed by atoms with Gasteiger partial charge in [0, 0.05) is 32.1 Å². The van der Waals surface area contributed by atoms with Gasteiger partial charge in [0.1, 0.15) is 5.82 Å². The molecule has 4 heteroatoms. The van der Waals surface area contributed by atoms with E-state index in [9.17, 15) is 9.18 Å². The SMILES string of the molecule is Cc1ccc(F)cc1CN[C@@H](C)CCN1CCCC1=O. The summed E-state index contributed by atoms with van der Waals surface area (Å²) in [6.45, 7) is 6.47. The van der Waals surface area contributed by atoms with Gasteiger partial charge in [-0.25, -0.2) is 4.39 Å². The Labute approximate surface area is 120 Å². The van der Waals surface area contributed by atoms with Gasteiger partial charge in [-0.2, -0.15) is 0 Å². The lowest BCUT2D eigenvalue weighted by Gasteiger charge is -2.20. The summed E-state index contributed by atoms with van der Waals surface area (Å²) in [4.78, 5) is 13.4. The number of hydrogen-bond donors (Lipinski definition) is 1. The minimum Gasteiger partial charge on any atom is -0.343 e. The third-order valence-electron chi connectivity index (χ3n) is 3.96. The molecule has 2 rings (SSSR count). The highest BCUT2D eigenvalue weighted by atomic mass is 19.1. The van der Waals surface area contributed by atoms with Gasteiger partial charge in [-0.05, 0) is 49.9 Å². The van der Waals surface area contributed by atoms with E-state index in [0.29, 0.717) is 19.0 Å². The van der Waals surface area contributed by atoms with Crippen molar-refractivity contribution in [2.75, 3.05) is 13.1 Å². The minimum absolute atomic E-state index is 0.192. The second-order valence-corrected chi connectivity index (χ2v) is 5.63. The zero-order chi connectivity index (χ0) is 14.5. The number of carbonyl (C=O) groups is 1. The standard InChI is InChI=1S/C16H23FN2O/c1-12-5-6-15(17)10-14(12)11-18-13(2)7-9-19-8-3-4-16(19)20/h5-6,10,13,18H,3-4,7-9,11H2,1-2H3/t13-/m0/s1. The van der Waals surface area contributed by atoms with Gasteiger partial charge in [-0.15, -0.1) is 0 Å². The second-order valence-electron chi connectivity index (χ2n) is 5.63. The average Bonchev–Trinajstić information content (AvgIpc) is 2.83. The number of rotatable bonds is 6. The number of halogens is 1. The summed E-state index contributed by atoms with van der Waals surface area (Å²) < 4.78 is 13.2. The van der Waals surface area contributed by atoms with Gasteiger partial charge in [0.25, 0.3) is 0 Å². The Morgan fingerprint density at radius 2 is 2.25 bits per heavy atom. The number of aryl methyl sites for hydroxylation is 1. The Balaban J connectivity index is 1.75. The highest BCUT2D eigenvalue weighted by molar-refractivity contribution is 5.77. The smallest absolute Gasteiger partial charge is 0.222 e. The zero-order valence-electron chi connectivity index (χ0n) is 12.3. The van der Waals surface area contributed by atoms with Gasteiger partial charge >= 0.3 is 0 Å². The number of amides is 1. The third kappa shape index (κ3) is 4.04. The first-order valence-electron chi connectivity index (χ1n) is 7.32. The molecule has 1 atom stereocenters. The summed E-state index contributed by atoms with van der Waals surface area (Å²) in [7, 11) is 0. The van der Waals surface area contributed by atoms with Crippen molar-refractivity contribution in [3.05, 3.63) is 35.1 Å². The molecule has 0 aliphatic carbocycles.